The van der Waals surface area contributed by atoms with Gasteiger partial charge in [-0.15, -0.1) is 0 Å². The zero-order valence-corrected chi connectivity index (χ0v) is 22.0. The number of sulfonamides is 1. The van der Waals surface area contributed by atoms with Crippen molar-refractivity contribution < 1.29 is 18.3 Å². The fraction of sp³-hybridized carbons (Fsp3) is 0.500. The topological polar surface area (TPSA) is 86.2 Å². The molecule has 8 nitrogen and oxygen atoms in total. The molecule has 0 aliphatic carbocycles. The highest BCUT2D eigenvalue weighted by atomic mass is 32.2. The number of hydrogen-bond acceptors (Lipinski definition) is 7. The van der Waals surface area contributed by atoms with Crippen molar-refractivity contribution in [2.75, 3.05) is 47.4 Å². The maximum Gasteiger partial charge on any atom is 0.247 e. The third-order valence-electron chi connectivity index (χ3n) is 5.99. The summed E-state index contributed by atoms with van der Waals surface area (Å²) in [6.45, 7) is 5.61. The van der Waals surface area contributed by atoms with Gasteiger partial charge in [-0.25, -0.2) is 8.42 Å². The summed E-state index contributed by atoms with van der Waals surface area (Å²) in [5.41, 5.74) is 1.83. The van der Waals surface area contributed by atoms with Crippen LogP contribution in [0.3, 0.4) is 0 Å². The Bertz CT molecular complexity index is 1140. The molecule has 1 N–H and O–H groups in total. The van der Waals surface area contributed by atoms with Gasteiger partial charge in [0.25, 0.3) is 0 Å². The first kappa shape index (κ1) is 27.1. The normalized spacial score (nSPS) is 20.8. The molecule has 2 aromatic rings. The number of hydrogen-bond donors (Lipinski definition) is 1. The van der Waals surface area contributed by atoms with Crippen LogP contribution in [0.5, 0.6) is 5.75 Å². The molecule has 3 atom stereocenters. The summed E-state index contributed by atoms with van der Waals surface area (Å²) in [5, 5.41) is 9.80. The molecule has 3 rings (SSSR count). The fourth-order valence-electron chi connectivity index (χ4n) is 3.99. The van der Waals surface area contributed by atoms with Gasteiger partial charge in [-0.3, -0.25) is 14.8 Å². The van der Waals surface area contributed by atoms with Crippen molar-refractivity contribution in [3.05, 3.63) is 53.9 Å². The predicted octanol–water partition coefficient (Wildman–Crippen LogP) is 1.90. The van der Waals surface area contributed by atoms with Crippen molar-refractivity contribution in [1.29, 1.82) is 0 Å². The highest BCUT2D eigenvalue weighted by molar-refractivity contribution is 7.89. The number of nitrogens with zero attached hydrogens (tertiary/aromatic N) is 4. The highest BCUT2D eigenvalue weighted by Gasteiger charge is 2.38. The lowest BCUT2D eigenvalue weighted by Gasteiger charge is -2.37. The SMILES string of the molecule is C[C@@H]1CN([C@H](C)CO)S(=O)(=O)c2ccc(C#CCN(C)C)cc2O[C@@H]1CN(C)Cc1ccncc1. The molecule has 1 aliphatic heterocycles. The number of aliphatic hydroxyl groups excluding tert-OH is 1. The standard InChI is InChI=1S/C26H36N4O4S/c1-20-16-30(21(2)19-31)35(32,33)26-9-8-22(7-6-14-28(3)4)15-24(26)34-25(20)18-29(5)17-23-10-12-27-13-11-23/h8-13,15,20-21,25,31H,14,16-19H2,1-5H3/t20-,21-,25-/m1/s1. The summed E-state index contributed by atoms with van der Waals surface area (Å²) in [6.07, 6.45) is 3.27. The van der Waals surface area contributed by atoms with Gasteiger partial charge in [-0.05, 0) is 64.0 Å². The highest BCUT2D eigenvalue weighted by Crippen LogP contribution is 2.34. The largest absolute Gasteiger partial charge is 0.487 e. The van der Waals surface area contributed by atoms with Gasteiger partial charge in [0, 0.05) is 49.6 Å². The molecule has 0 unspecified atom stereocenters. The first-order valence-corrected chi connectivity index (χ1v) is 13.2. The van der Waals surface area contributed by atoms with Crippen molar-refractivity contribution >= 4 is 10.0 Å². The lowest BCUT2D eigenvalue weighted by atomic mass is 10.0. The van der Waals surface area contributed by atoms with Crippen LogP contribution in [0.25, 0.3) is 0 Å². The zero-order valence-electron chi connectivity index (χ0n) is 21.2. The van der Waals surface area contributed by atoms with Gasteiger partial charge in [0.05, 0.1) is 13.2 Å². The molecule has 0 saturated heterocycles. The number of rotatable bonds is 7. The van der Waals surface area contributed by atoms with Crippen LogP contribution in [0.15, 0.2) is 47.6 Å². The third kappa shape index (κ3) is 7.03. The number of ether oxygens (including phenoxy) is 1. The van der Waals surface area contributed by atoms with E-state index in [0.29, 0.717) is 30.9 Å². The number of aromatic nitrogens is 1. The van der Waals surface area contributed by atoms with E-state index in [4.69, 9.17) is 4.74 Å². The van der Waals surface area contributed by atoms with Crippen molar-refractivity contribution in [1.82, 2.24) is 19.1 Å². The minimum absolute atomic E-state index is 0.102. The Kier molecular flexibility index (Phi) is 9.27. The average Bonchev–Trinajstić information content (AvgIpc) is 2.81. The van der Waals surface area contributed by atoms with E-state index in [-0.39, 0.29) is 30.1 Å². The molecule has 1 aromatic heterocycles. The maximum atomic E-state index is 13.6. The van der Waals surface area contributed by atoms with E-state index in [1.807, 2.05) is 45.1 Å². The van der Waals surface area contributed by atoms with Crippen LogP contribution in [0.2, 0.25) is 0 Å². The van der Waals surface area contributed by atoms with E-state index in [1.54, 1.807) is 37.5 Å². The third-order valence-corrected chi connectivity index (χ3v) is 8.01. The fourth-order valence-corrected chi connectivity index (χ4v) is 5.82. The molecule has 35 heavy (non-hydrogen) atoms. The van der Waals surface area contributed by atoms with Gasteiger partial charge in [0.15, 0.2) is 0 Å². The van der Waals surface area contributed by atoms with Crippen molar-refractivity contribution in [2.24, 2.45) is 5.92 Å². The smallest absolute Gasteiger partial charge is 0.247 e. The first-order chi connectivity index (χ1) is 16.6. The van der Waals surface area contributed by atoms with E-state index in [0.717, 1.165) is 5.56 Å². The summed E-state index contributed by atoms with van der Waals surface area (Å²) in [6, 6.07) is 8.39. The summed E-state index contributed by atoms with van der Waals surface area (Å²) < 4.78 is 35.0. The van der Waals surface area contributed by atoms with Crippen LogP contribution >= 0.6 is 0 Å². The van der Waals surface area contributed by atoms with Crippen LogP contribution in [-0.4, -0.2) is 92.1 Å². The molecule has 0 saturated carbocycles. The van der Waals surface area contributed by atoms with E-state index in [9.17, 15) is 13.5 Å². The summed E-state index contributed by atoms with van der Waals surface area (Å²) in [7, 11) is 2.03. The van der Waals surface area contributed by atoms with Gasteiger partial charge in [0.1, 0.15) is 16.7 Å². The number of fused-ring (bicyclic) bond motifs is 1. The first-order valence-electron chi connectivity index (χ1n) is 11.8. The molecule has 190 valence electrons. The summed E-state index contributed by atoms with van der Waals surface area (Å²) >= 11 is 0. The number of benzene rings is 1. The Labute approximate surface area is 209 Å². The Morgan fingerprint density at radius 2 is 1.94 bits per heavy atom. The molecule has 0 fully saturated rings. The van der Waals surface area contributed by atoms with Crippen molar-refractivity contribution in [3.8, 4) is 17.6 Å². The molecule has 0 radical (unpaired) electrons. The molecule has 1 aliphatic rings. The quantitative estimate of drug-likeness (QED) is 0.581. The molecular formula is C26H36N4O4S. The van der Waals surface area contributed by atoms with Gasteiger partial charge < -0.3 is 9.84 Å². The Hall–Kier alpha value is -2.48. The molecule has 9 heteroatoms. The maximum absolute atomic E-state index is 13.6. The number of aliphatic hydroxyl groups is 1. The average molecular weight is 501 g/mol. The second-order valence-electron chi connectivity index (χ2n) is 9.49. The summed E-state index contributed by atoms with van der Waals surface area (Å²) in [5.74, 6) is 6.37. The van der Waals surface area contributed by atoms with Crippen LogP contribution in [0, 0.1) is 17.8 Å². The molecule has 1 aromatic carbocycles. The Balaban J connectivity index is 1.97. The van der Waals surface area contributed by atoms with Gasteiger partial charge in [-0.2, -0.15) is 4.31 Å². The van der Waals surface area contributed by atoms with Crippen LogP contribution in [0.4, 0.5) is 0 Å². The van der Waals surface area contributed by atoms with Crippen LogP contribution < -0.4 is 4.74 Å². The number of pyridine rings is 1. The molecule has 0 bridgehead atoms. The zero-order chi connectivity index (χ0) is 25.6. The van der Waals surface area contributed by atoms with Gasteiger partial charge in [0.2, 0.25) is 10.0 Å². The van der Waals surface area contributed by atoms with Crippen molar-refractivity contribution in [2.45, 2.75) is 37.4 Å². The monoisotopic (exact) mass is 500 g/mol. The van der Waals surface area contributed by atoms with E-state index < -0.39 is 16.1 Å². The minimum Gasteiger partial charge on any atom is -0.487 e. The molecular weight excluding hydrogens is 464 g/mol. The molecule has 0 spiro atoms. The second kappa shape index (κ2) is 12.0. The van der Waals surface area contributed by atoms with Crippen LogP contribution in [-0.2, 0) is 16.6 Å². The molecule has 0 amide bonds. The predicted molar refractivity (Wildman–Crippen MR) is 136 cm³/mol. The lowest BCUT2D eigenvalue weighted by Crippen LogP contribution is -2.49. The van der Waals surface area contributed by atoms with Crippen LogP contribution in [0.1, 0.15) is 25.0 Å². The van der Waals surface area contributed by atoms with E-state index in [1.165, 1.54) is 4.31 Å². The second-order valence-corrected chi connectivity index (χ2v) is 11.4. The minimum atomic E-state index is -3.87. The number of likely N-dealkylation sites (N-methyl/N-ethyl adjacent to an activating group) is 1. The molecule has 2 heterocycles. The van der Waals surface area contributed by atoms with E-state index in [2.05, 4.69) is 21.7 Å². The van der Waals surface area contributed by atoms with Gasteiger partial charge >= 0.3 is 0 Å². The Morgan fingerprint density at radius 1 is 1.23 bits per heavy atom. The van der Waals surface area contributed by atoms with Crippen molar-refractivity contribution in [3.63, 3.8) is 0 Å². The van der Waals surface area contributed by atoms with E-state index >= 15 is 0 Å². The summed E-state index contributed by atoms with van der Waals surface area (Å²) in [4.78, 5) is 8.30. The lowest BCUT2D eigenvalue weighted by molar-refractivity contribution is 0.0733. The van der Waals surface area contributed by atoms with Gasteiger partial charge in [-0.1, -0.05) is 18.8 Å². The Morgan fingerprint density at radius 3 is 2.60 bits per heavy atom.